The number of benzene rings is 1. The molecular weight excluding hydrogens is 440 g/mol. The number of rotatable bonds is 8. The number of nitrogens with zero attached hydrogens (tertiary/aromatic N) is 2. The molecule has 0 saturated heterocycles. The summed E-state index contributed by atoms with van der Waals surface area (Å²) in [6, 6.07) is 10.4. The number of carbonyl (C=O) groups is 1. The number of aromatic nitrogens is 1. The summed E-state index contributed by atoms with van der Waals surface area (Å²) in [7, 11) is -0.463. The molecule has 0 fully saturated rings. The number of aryl methyl sites for hydroxylation is 1. The van der Waals surface area contributed by atoms with E-state index in [1.807, 2.05) is 6.92 Å². The fourth-order valence-corrected chi connectivity index (χ4v) is 5.22. The van der Waals surface area contributed by atoms with E-state index in [4.69, 9.17) is 0 Å². The van der Waals surface area contributed by atoms with Gasteiger partial charge >= 0.3 is 6.03 Å². The van der Waals surface area contributed by atoms with Crippen LogP contribution in [-0.4, -0.2) is 44.4 Å². The summed E-state index contributed by atoms with van der Waals surface area (Å²) < 4.78 is 25.3. The number of thiophene rings is 1. The van der Waals surface area contributed by atoms with Gasteiger partial charge in [-0.3, -0.25) is 0 Å². The lowest BCUT2D eigenvalue weighted by molar-refractivity contribution is 0.240. The van der Waals surface area contributed by atoms with E-state index in [0.29, 0.717) is 13.1 Å². The fraction of sp³-hybridized carbons (Fsp3) is 0.300. The van der Waals surface area contributed by atoms with E-state index in [-0.39, 0.29) is 10.9 Å². The highest BCUT2D eigenvalue weighted by Crippen LogP contribution is 2.29. The highest BCUT2D eigenvalue weighted by molar-refractivity contribution is 7.89. The van der Waals surface area contributed by atoms with Crippen molar-refractivity contribution in [3.63, 3.8) is 0 Å². The Bertz CT molecular complexity index is 1100. The summed E-state index contributed by atoms with van der Waals surface area (Å²) in [6.07, 6.45) is 0.748. The van der Waals surface area contributed by atoms with Gasteiger partial charge < -0.3 is 10.6 Å². The van der Waals surface area contributed by atoms with E-state index in [1.54, 1.807) is 46.9 Å². The molecule has 0 unspecified atom stereocenters. The quantitative estimate of drug-likeness (QED) is 0.534. The molecule has 0 radical (unpaired) electrons. The Hall–Kier alpha value is -2.27. The smallest absolute Gasteiger partial charge is 0.315 e. The summed E-state index contributed by atoms with van der Waals surface area (Å²) in [5.74, 6) is 0. The van der Waals surface area contributed by atoms with Crippen LogP contribution in [0.2, 0.25) is 0 Å². The van der Waals surface area contributed by atoms with Crippen molar-refractivity contribution in [3.05, 3.63) is 57.2 Å². The second-order valence-corrected chi connectivity index (χ2v) is 11.2. The molecule has 2 N–H and O–H groups in total. The molecule has 0 atom stereocenters. The van der Waals surface area contributed by atoms with Gasteiger partial charge in [-0.15, -0.1) is 22.7 Å². The summed E-state index contributed by atoms with van der Waals surface area (Å²) in [4.78, 5) is 19.1. The number of hydrogen-bond acceptors (Lipinski definition) is 6. The molecule has 0 spiro atoms. The normalized spacial score (nSPS) is 11.6. The van der Waals surface area contributed by atoms with Crippen LogP contribution in [0.25, 0.3) is 10.6 Å². The number of carbonyl (C=O) groups excluding carboxylic acids is 1. The number of nitrogens with one attached hydrogen (secondary N) is 2. The monoisotopic (exact) mass is 464 g/mol. The number of thiazole rings is 1. The molecule has 0 saturated carbocycles. The Balaban J connectivity index is 1.43. The van der Waals surface area contributed by atoms with Crippen LogP contribution < -0.4 is 10.6 Å². The standard InChI is InChI=1S/C20H24N4O3S3/c1-14-23-18(13-28-14)19-9-6-16(29-19)10-11-21-20(25)22-12-15-4-7-17(8-5-15)30(26,27)24(2)3/h4-9,13H,10-12H2,1-3H3,(H2,21,22,25). The van der Waals surface area contributed by atoms with Crippen molar-refractivity contribution in [1.29, 1.82) is 0 Å². The minimum Gasteiger partial charge on any atom is -0.338 e. The maximum absolute atomic E-state index is 12.1. The van der Waals surface area contributed by atoms with Crippen LogP contribution in [0, 0.1) is 6.92 Å². The molecule has 160 valence electrons. The summed E-state index contributed by atoms with van der Waals surface area (Å²) in [5, 5.41) is 8.73. The third kappa shape index (κ3) is 5.66. The lowest BCUT2D eigenvalue weighted by Gasteiger charge is -2.12. The Kier molecular flexibility index (Phi) is 7.24. The average Bonchev–Trinajstić information content (AvgIpc) is 3.35. The lowest BCUT2D eigenvalue weighted by atomic mass is 10.2. The van der Waals surface area contributed by atoms with E-state index < -0.39 is 10.0 Å². The molecule has 30 heavy (non-hydrogen) atoms. The van der Waals surface area contributed by atoms with Crippen LogP contribution in [0.5, 0.6) is 0 Å². The first-order valence-corrected chi connectivity index (χ1v) is 12.4. The molecule has 2 aromatic heterocycles. The summed E-state index contributed by atoms with van der Waals surface area (Å²) in [6.45, 7) is 2.84. The topological polar surface area (TPSA) is 91.4 Å². The number of sulfonamides is 1. The zero-order chi connectivity index (χ0) is 21.7. The van der Waals surface area contributed by atoms with Crippen molar-refractivity contribution >= 4 is 38.7 Å². The molecule has 0 aliphatic carbocycles. The van der Waals surface area contributed by atoms with Gasteiger partial charge in [0.1, 0.15) is 0 Å². The van der Waals surface area contributed by atoms with Crippen LogP contribution in [0.15, 0.2) is 46.7 Å². The number of urea groups is 1. The van der Waals surface area contributed by atoms with Gasteiger partial charge in [-0.25, -0.2) is 22.5 Å². The van der Waals surface area contributed by atoms with Crippen LogP contribution in [-0.2, 0) is 23.0 Å². The minimum absolute atomic E-state index is 0.226. The Morgan fingerprint density at radius 1 is 1.10 bits per heavy atom. The second kappa shape index (κ2) is 9.69. The highest BCUT2D eigenvalue weighted by atomic mass is 32.2. The van der Waals surface area contributed by atoms with Crippen molar-refractivity contribution < 1.29 is 13.2 Å². The number of amides is 2. The Morgan fingerprint density at radius 2 is 1.83 bits per heavy atom. The van der Waals surface area contributed by atoms with Crippen LogP contribution in [0.4, 0.5) is 4.79 Å². The zero-order valence-electron chi connectivity index (χ0n) is 17.0. The molecule has 3 aromatic rings. The van der Waals surface area contributed by atoms with Gasteiger partial charge in [0, 0.05) is 37.4 Å². The molecule has 7 nitrogen and oxygen atoms in total. The van der Waals surface area contributed by atoms with Gasteiger partial charge in [0.05, 0.1) is 20.5 Å². The largest absolute Gasteiger partial charge is 0.338 e. The molecule has 3 rings (SSSR count). The maximum atomic E-state index is 12.1. The van der Waals surface area contributed by atoms with Crippen LogP contribution >= 0.6 is 22.7 Å². The lowest BCUT2D eigenvalue weighted by Crippen LogP contribution is -2.36. The van der Waals surface area contributed by atoms with Crippen molar-refractivity contribution in [2.24, 2.45) is 0 Å². The molecule has 1 aromatic carbocycles. The van der Waals surface area contributed by atoms with Gasteiger partial charge in [-0.05, 0) is 43.2 Å². The molecular formula is C20H24N4O3S3. The third-order valence-electron chi connectivity index (χ3n) is 4.35. The van der Waals surface area contributed by atoms with E-state index in [2.05, 4.69) is 33.1 Å². The fourth-order valence-electron chi connectivity index (χ4n) is 2.66. The van der Waals surface area contributed by atoms with Crippen molar-refractivity contribution in [1.82, 2.24) is 19.9 Å². The van der Waals surface area contributed by atoms with Gasteiger partial charge in [0.2, 0.25) is 10.0 Å². The molecule has 0 aliphatic rings. The predicted octanol–water partition coefficient (Wildman–Crippen LogP) is 3.47. The van der Waals surface area contributed by atoms with Gasteiger partial charge in [-0.1, -0.05) is 12.1 Å². The average molecular weight is 465 g/mol. The zero-order valence-corrected chi connectivity index (χ0v) is 19.5. The van der Waals surface area contributed by atoms with E-state index in [1.165, 1.54) is 23.3 Å². The summed E-state index contributed by atoms with van der Waals surface area (Å²) >= 11 is 3.32. The van der Waals surface area contributed by atoms with Gasteiger partial charge in [-0.2, -0.15) is 0 Å². The molecule has 10 heteroatoms. The molecule has 0 aliphatic heterocycles. The highest BCUT2D eigenvalue weighted by Gasteiger charge is 2.16. The van der Waals surface area contributed by atoms with Crippen molar-refractivity contribution in [2.45, 2.75) is 24.8 Å². The van der Waals surface area contributed by atoms with Gasteiger partial charge in [0.25, 0.3) is 0 Å². The molecule has 0 bridgehead atoms. The van der Waals surface area contributed by atoms with Crippen molar-refractivity contribution in [3.8, 4) is 10.6 Å². The SMILES string of the molecule is Cc1nc(-c2ccc(CCNC(=O)NCc3ccc(S(=O)(=O)N(C)C)cc3)s2)cs1. The van der Waals surface area contributed by atoms with E-state index in [9.17, 15) is 13.2 Å². The maximum Gasteiger partial charge on any atom is 0.315 e. The predicted molar refractivity (Wildman–Crippen MR) is 121 cm³/mol. The number of hydrogen-bond donors (Lipinski definition) is 2. The second-order valence-electron chi connectivity index (χ2n) is 6.81. The summed E-state index contributed by atoms with van der Waals surface area (Å²) in [5.41, 5.74) is 1.83. The van der Waals surface area contributed by atoms with Crippen LogP contribution in [0.3, 0.4) is 0 Å². The van der Waals surface area contributed by atoms with Crippen molar-refractivity contribution in [2.75, 3.05) is 20.6 Å². The van der Waals surface area contributed by atoms with Crippen LogP contribution in [0.1, 0.15) is 15.4 Å². The molecule has 2 amide bonds. The minimum atomic E-state index is -3.45. The Morgan fingerprint density at radius 3 is 2.47 bits per heavy atom. The van der Waals surface area contributed by atoms with E-state index >= 15 is 0 Å². The third-order valence-corrected chi connectivity index (χ3v) is 8.12. The first-order valence-electron chi connectivity index (χ1n) is 9.30. The first kappa shape index (κ1) is 22.4. The molecule has 2 heterocycles. The van der Waals surface area contributed by atoms with E-state index in [0.717, 1.165) is 27.6 Å². The van der Waals surface area contributed by atoms with Gasteiger partial charge in [0.15, 0.2) is 0 Å². The first-order chi connectivity index (χ1) is 14.3. The Labute approximate surface area is 184 Å².